The van der Waals surface area contributed by atoms with E-state index >= 15 is 0 Å². The molecule has 0 radical (unpaired) electrons. The average Bonchev–Trinajstić information content (AvgIpc) is 2.79. The van der Waals surface area contributed by atoms with E-state index in [0.717, 1.165) is 19.3 Å². The molecule has 2 N–H and O–H groups in total. The number of likely N-dealkylation sites (tertiary alicyclic amines) is 1. The minimum absolute atomic E-state index is 0. The van der Waals surface area contributed by atoms with Gasteiger partial charge in [0.15, 0.2) is 0 Å². The van der Waals surface area contributed by atoms with Gasteiger partial charge >= 0.3 is 0 Å². The van der Waals surface area contributed by atoms with E-state index in [1.54, 1.807) is 11.8 Å². The summed E-state index contributed by atoms with van der Waals surface area (Å²) in [6.45, 7) is 2.53. The Bertz CT molecular complexity index is 390. The SMILES string of the molecule is C[C@H](NC(=O)C1CC(F)(F)CN1)C(=O)N1CCCCC1.Cl. The lowest BCUT2D eigenvalue weighted by molar-refractivity contribution is -0.137. The van der Waals surface area contributed by atoms with Gasteiger partial charge in [0.1, 0.15) is 6.04 Å². The van der Waals surface area contributed by atoms with Crippen molar-refractivity contribution in [2.75, 3.05) is 19.6 Å². The van der Waals surface area contributed by atoms with Crippen LogP contribution < -0.4 is 10.6 Å². The Morgan fingerprint density at radius 3 is 2.43 bits per heavy atom. The Hall–Kier alpha value is -0.950. The maximum Gasteiger partial charge on any atom is 0.262 e. The topological polar surface area (TPSA) is 61.4 Å². The molecule has 8 heteroatoms. The van der Waals surface area contributed by atoms with Crippen LogP contribution in [0.25, 0.3) is 0 Å². The van der Waals surface area contributed by atoms with Crippen LogP contribution in [0.5, 0.6) is 0 Å². The normalized spacial score (nSPS) is 25.9. The first-order valence-corrected chi connectivity index (χ1v) is 7.09. The Kier molecular flexibility index (Phi) is 6.34. The van der Waals surface area contributed by atoms with Crippen molar-refractivity contribution in [2.24, 2.45) is 0 Å². The van der Waals surface area contributed by atoms with Crippen LogP contribution in [0.3, 0.4) is 0 Å². The number of carbonyl (C=O) groups is 2. The number of piperidine rings is 1. The van der Waals surface area contributed by atoms with E-state index < -0.39 is 36.9 Å². The molecule has 0 aromatic heterocycles. The number of rotatable bonds is 3. The summed E-state index contributed by atoms with van der Waals surface area (Å²) in [4.78, 5) is 25.7. The second-order valence-electron chi connectivity index (χ2n) is 5.61. The highest BCUT2D eigenvalue weighted by molar-refractivity contribution is 5.89. The van der Waals surface area contributed by atoms with Crippen LogP contribution in [-0.4, -0.2) is 54.4 Å². The summed E-state index contributed by atoms with van der Waals surface area (Å²) in [5.74, 6) is -3.51. The molecule has 2 fully saturated rings. The molecular formula is C13H22ClF2N3O2. The van der Waals surface area contributed by atoms with Gasteiger partial charge in [0, 0.05) is 19.5 Å². The van der Waals surface area contributed by atoms with Gasteiger partial charge in [0.2, 0.25) is 11.8 Å². The molecule has 2 heterocycles. The Morgan fingerprint density at radius 1 is 1.29 bits per heavy atom. The zero-order valence-corrected chi connectivity index (χ0v) is 12.8. The van der Waals surface area contributed by atoms with Crippen molar-refractivity contribution in [3.8, 4) is 0 Å². The molecule has 0 saturated carbocycles. The van der Waals surface area contributed by atoms with Crippen molar-refractivity contribution in [1.29, 1.82) is 0 Å². The van der Waals surface area contributed by atoms with Crippen molar-refractivity contribution in [3.63, 3.8) is 0 Å². The molecule has 21 heavy (non-hydrogen) atoms. The van der Waals surface area contributed by atoms with E-state index in [1.165, 1.54) is 0 Å². The van der Waals surface area contributed by atoms with Crippen LogP contribution in [-0.2, 0) is 9.59 Å². The van der Waals surface area contributed by atoms with E-state index in [1.807, 2.05) is 0 Å². The van der Waals surface area contributed by atoms with Crippen molar-refractivity contribution in [1.82, 2.24) is 15.5 Å². The second-order valence-corrected chi connectivity index (χ2v) is 5.61. The highest BCUT2D eigenvalue weighted by Crippen LogP contribution is 2.25. The van der Waals surface area contributed by atoms with E-state index in [0.29, 0.717) is 13.1 Å². The van der Waals surface area contributed by atoms with Crippen LogP contribution in [0, 0.1) is 0 Å². The summed E-state index contributed by atoms with van der Waals surface area (Å²) in [5.41, 5.74) is 0. The fourth-order valence-electron chi connectivity index (χ4n) is 2.66. The quantitative estimate of drug-likeness (QED) is 0.811. The standard InChI is InChI=1S/C13H21F2N3O2.ClH/c1-9(12(20)18-5-3-2-4-6-18)17-11(19)10-7-13(14,15)8-16-10;/h9-10,16H,2-8H2,1H3,(H,17,19);1H/t9-,10?;/m0./s1. The number of amides is 2. The minimum atomic E-state index is -2.85. The lowest BCUT2D eigenvalue weighted by Gasteiger charge is -2.29. The summed E-state index contributed by atoms with van der Waals surface area (Å²) in [6, 6.07) is -1.58. The summed E-state index contributed by atoms with van der Waals surface area (Å²) in [5, 5.41) is 5.01. The first kappa shape index (κ1) is 18.1. The van der Waals surface area contributed by atoms with Crippen LogP contribution in [0.4, 0.5) is 8.78 Å². The maximum atomic E-state index is 13.0. The summed E-state index contributed by atoms with van der Waals surface area (Å²) < 4.78 is 26.0. The fraction of sp³-hybridized carbons (Fsp3) is 0.846. The molecule has 2 atom stereocenters. The molecule has 2 rings (SSSR count). The highest BCUT2D eigenvalue weighted by atomic mass is 35.5. The van der Waals surface area contributed by atoms with Crippen molar-refractivity contribution in [3.05, 3.63) is 0 Å². The molecule has 2 saturated heterocycles. The third-order valence-electron chi connectivity index (χ3n) is 3.82. The Balaban J connectivity index is 0.00000220. The van der Waals surface area contributed by atoms with Crippen molar-refractivity contribution >= 4 is 24.2 Å². The van der Waals surface area contributed by atoms with Gasteiger partial charge in [-0.2, -0.15) is 0 Å². The van der Waals surface area contributed by atoms with E-state index in [-0.39, 0.29) is 18.3 Å². The molecule has 0 aliphatic carbocycles. The number of hydrogen-bond donors (Lipinski definition) is 2. The molecule has 5 nitrogen and oxygen atoms in total. The molecule has 122 valence electrons. The van der Waals surface area contributed by atoms with Gasteiger partial charge in [0.05, 0.1) is 12.6 Å². The maximum absolute atomic E-state index is 13.0. The molecule has 2 amide bonds. The third-order valence-corrected chi connectivity index (χ3v) is 3.82. The summed E-state index contributed by atoms with van der Waals surface area (Å²) >= 11 is 0. The molecule has 2 aliphatic heterocycles. The molecule has 0 bridgehead atoms. The summed E-state index contributed by atoms with van der Waals surface area (Å²) in [6.07, 6.45) is 2.56. The predicted octanol–water partition coefficient (Wildman–Crippen LogP) is 0.923. The zero-order chi connectivity index (χ0) is 14.8. The summed E-state index contributed by atoms with van der Waals surface area (Å²) in [7, 11) is 0. The van der Waals surface area contributed by atoms with E-state index in [2.05, 4.69) is 10.6 Å². The van der Waals surface area contributed by atoms with Crippen LogP contribution in [0.2, 0.25) is 0 Å². The molecular weight excluding hydrogens is 304 g/mol. The zero-order valence-electron chi connectivity index (χ0n) is 12.0. The first-order valence-electron chi connectivity index (χ1n) is 7.09. The number of halogens is 3. The average molecular weight is 326 g/mol. The van der Waals surface area contributed by atoms with Gasteiger partial charge < -0.3 is 10.2 Å². The molecule has 2 aliphatic rings. The van der Waals surface area contributed by atoms with Crippen LogP contribution in [0.15, 0.2) is 0 Å². The third kappa shape index (κ3) is 4.78. The number of nitrogens with one attached hydrogen (secondary N) is 2. The van der Waals surface area contributed by atoms with Crippen molar-refractivity contribution in [2.45, 2.75) is 50.6 Å². The van der Waals surface area contributed by atoms with Crippen LogP contribution in [0.1, 0.15) is 32.6 Å². The van der Waals surface area contributed by atoms with Gasteiger partial charge in [0.25, 0.3) is 5.92 Å². The van der Waals surface area contributed by atoms with Gasteiger partial charge in [-0.25, -0.2) is 8.78 Å². The number of carbonyl (C=O) groups excluding carboxylic acids is 2. The lowest BCUT2D eigenvalue weighted by atomic mass is 10.1. The smallest absolute Gasteiger partial charge is 0.262 e. The van der Waals surface area contributed by atoms with Crippen molar-refractivity contribution < 1.29 is 18.4 Å². The molecule has 1 unspecified atom stereocenters. The van der Waals surface area contributed by atoms with E-state index in [9.17, 15) is 18.4 Å². The first-order chi connectivity index (χ1) is 9.39. The monoisotopic (exact) mass is 325 g/mol. The minimum Gasteiger partial charge on any atom is -0.343 e. The number of nitrogens with zero attached hydrogens (tertiary/aromatic N) is 1. The lowest BCUT2D eigenvalue weighted by Crippen LogP contribution is -2.52. The van der Waals surface area contributed by atoms with Crippen LogP contribution >= 0.6 is 12.4 Å². The predicted molar refractivity (Wildman–Crippen MR) is 76.6 cm³/mol. The molecule has 0 aromatic rings. The number of hydrogen-bond acceptors (Lipinski definition) is 3. The van der Waals surface area contributed by atoms with Gasteiger partial charge in [-0.05, 0) is 26.2 Å². The molecule has 0 aromatic carbocycles. The Labute approximate surface area is 129 Å². The second kappa shape index (κ2) is 7.35. The highest BCUT2D eigenvalue weighted by Gasteiger charge is 2.42. The number of alkyl halides is 2. The largest absolute Gasteiger partial charge is 0.343 e. The van der Waals surface area contributed by atoms with Gasteiger partial charge in [-0.1, -0.05) is 0 Å². The Morgan fingerprint density at radius 2 is 1.90 bits per heavy atom. The van der Waals surface area contributed by atoms with E-state index in [4.69, 9.17) is 0 Å². The van der Waals surface area contributed by atoms with Gasteiger partial charge in [-0.3, -0.25) is 14.9 Å². The fourth-order valence-corrected chi connectivity index (χ4v) is 2.66. The van der Waals surface area contributed by atoms with Gasteiger partial charge in [-0.15, -0.1) is 12.4 Å². The molecule has 0 spiro atoms.